The molecule has 33 heavy (non-hydrogen) atoms. The molecule has 3 aromatic carbocycles. The van der Waals surface area contributed by atoms with E-state index in [0.717, 1.165) is 34.4 Å². The number of halogens is 1. The number of fused-ring (bicyclic) bond motifs is 1. The molecular weight excluding hydrogens is 443 g/mol. The molecule has 0 fully saturated rings. The highest BCUT2D eigenvalue weighted by molar-refractivity contribution is 7.89. The molecule has 1 N–H and O–H groups in total. The van der Waals surface area contributed by atoms with Crippen molar-refractivity contribution in [1.82, 2.24) is 4.31 Å². The van der Waals surface area contributed by atoms with Crippen LogP contribution in [0.15, 0.2) is 65.6 Å². The van der Waals surface area contributed by atoms with Crippen LogP contribution in [0.25, 0.3) is 0 Å². The first kappa shape index (κ1) is 22.9. The molecular formula is C25H25FN2O4S. The van der Waals surface area contributed by atoms with Gasteiger partial charge in [-0.15, -0.1) is 0 Å². The first-order chi connectivity index (χ1) is 15.7. The molecule has 0 saturated heterocycles. The lowest BCUT2D eigenvalue weighted by atomic mass is 10.0. The minimum atomic E-state index is -3.74. The monoisotopic (exact) mass is 468 g/mol. The number of benzene rings is 3. The van der Waals surface area contributed by atoms with E-state index in [2.05, 4.69) is 5.32 Å². The molecule has 8 heteroatoms. The van der Waals surface area contributed by atoms with Gasteiger partial charge < -0.3 is 10.1 Å². The summed E-state index contributed by atoms with van der Waals surface area (Å²) < 4.78 is 46.1. The lowest BCUT2D eigenvalue weighted by Gasteiger charge is -2.28. The van der Waals surface area contributed by atoms with Gasteiger partial charge >= 0.3 is 0 Å². The Kier molecular flexibility index (Phi) is 6.49. The summed E-state index contributed by atoms with van der Waals surface area (Å²) in [6, 6.07) is 16.1. The molecule has 0 bridgehead atoms. The van der Waals surface area contributed by atoms with Crippen molar-refractivity contribution in [3.63, 3.8) is 0 Å². The summed E-state index contributed by atoms with van der Waals surface area (Å²) in [5.41, 5.74) is 4.54. The van der Waals surface area contributed by atoms with Crippen molar-refractivity contribution in [3.8, 4) is 5.75 Å². The Bertz CT molecular complexity index is 1270. The Labute approximate surface area is 193 Å². The number of nitrogens with one attached hydrogen (secondary N) is 1. The number of rotatable bonds is 6. The first-order valence-corrected chi connectivity index (χ1v) is 12.0. The molecule has 4 rings (SSSR count). The van der Waals surface area contributed by atoms with Gasteiger partial charge in [0.05, 0.1) is 4.90 Å². The van der Waals surface area contributed by atoms with Gasteiger partial charge in [0.2, 0.25) is 10.0 Å². The molecule has 0 aliphatic carbocycles. The Hall–Kier alpha value is -3.23. The van der Waals surface area contributed by atoms with Gasteiger partial charge in [0, 0.05) is 18.8 Å². The summed E-state index contributed by atoms with van der Waals surface area (Å²) in [5.74, 6) is -0.157. The van der Waals surface area contributed by atoms with Crippen LogP contribution in [0.2, 0.25) is 0 Å². The molecule has 1 aliphatic rings. The molecule has 1 amide bonds. The number of sulfonamides is 1. The third-order valence-electron chi connectivity index (χ3n) is 5.48. The Balaban J connectivity index is 1.43. The predicted octanol–water partition coefficient (Wildman–Crippen LogP) is 4.21. The molecule has 3 aromatic rings. The molecule has 0 spiro atoms. The van der Waals surface area contributed by atoms with Gasteiger partial charge in [-0.25, -0.2) is 12.8 Å². The van der Waals surface area contributed by atoms with E-state index in [0.29, 0.717) is 24.4 Å². The van der Waals surface area contributed by atoms with Crippen molar-refractivity contribution in [2.75, 3.05) is 18.5 Å². The van der Waals surface area contributed by atoms with Crippen molar-refractivity contribution >= 4 is 21.6 Å². The van der Waals surface area contributed by atoms with Crippen molar-refractivity contribution in [2.45, 2.75) is 31.7 Å². The minimum Gasteiger partial charge on any atom is -0.484 e. The van der Waals surface area contributed by atoms with E-state index in [4.69, 9.17) is 4.74 Å². The smallest absolute Gasteiger partial charge is 0.262 e. The Morgan fingerprint density at radius 3 is 2.39 bits per heavy atom. The van der Waals surface area contributed by atoms with E-state index >= 15 is 0 Å². The summed E-state index contributed by atoms with van der Waals surface area (Å²) in [7, 11) is -3.74. The number of hydrogen-bond acceptors (Lipinski definition) is 4. The maximum atomic E-state index is 13.2. The fourth-order valence-corrected chi connectivity index (χ4v) is 5.35. The van der Waals surface area contributed by atoms with Crippen molar-refractivity contribution in [3.05, 3.63) is 88.7 Å². The van der Waals surface area contributed by atoms with Gasteiger partial charge in [-0.2, -0.15) is 4.31 Å². The van der Waals surface area contributed by atoms with E-state index in [9.17, 15) is 17.6 Å². The van der Waals surface area contributed by atoms with Crippen LogP contribution in [0.3, 0.4) is 0 Å². The summed E-state index contributed by atoms with van der Waals surface area (Å²) in [6.45, 7) is 4.31. The second-order valence-corrected chi connectivity index (χ2v) is 10.1. The topological polar surface area (TPSA) is 75.7 Å². The summed E-state index contributed by atoms with van der Waals surface area (Å²) in [5, 5.41) is 2.81. The number of anilines is 1. The van der Waals surface area contributed by atoms with Crippen LogP contribution >= 0.6 is 0 Å². The number of hydrogen-bond donors (Lipinski definition) is 1. The molecule has 6 nitrogen and oxygen atoms in total. The van der Waals surface area contributed by atoms with Crippen LogP contribution in [0.5, 0.6) is 5.75 Å². The highest BCUT2D eigenvalue weighted by atomic mass is 32.2. The predicted molar refractivity (Wildman–Crippen MR) is 124 cm³/mol. The van der Waals surface area contributed by atoms with Crippen molar-refractivity contribution < 1.29 is 22.3 Å². The lowest BCUT2D eigenvalue weighted by Crippen LogP contribution is -2.36. The van der Waals surface area contributed by atoms with E-state index in [1.165, 1.54) is 16.4 Å². The minimum absolute atomic E-state index is 0.0559. The SMILES string of the molecule is Cc1cc(C)cc(OCC(=O)Nc2ccc3c(c2)CN(S(=O)(=O)c2ccc(F)cc2)CC3)c1. The van der Waals surface area contributed by atoms with Crippen molar-refractivity contribution in [1.29, 1.82) is 0 Å². The number of carbonyl (C=O) groups excluding carboxylic acids is 1. The van der Waals surface area contributed by atoms with Gasteiger partial charge in [0.1, 0.15) is 11.6 Å². The molecule has 1 aliphatic heterocycles. The van der Waals surface area contributed by atoms with Gasteiger partial charge in [0.25, 0.3) is 5.91 Å². The van der Waals surface area contributed by atoms with Crippen molar-refractivity contribution in [2.24, 2.45) is 0 Å². The molecule has 172 valence electrons. The van der Waals surface area contributed by atoms with Crippen LogP contribution in [-0.4, -0.2) is 31.8 Å². The molecule has 1 heterocycles. The normalized spacial score (nSPS) is 13.9. The second-order valence-electron chi connectivity index (χ2n) is 8.19. The first-order valence-electron chi connectivity index (χ1n) is 10.6. The number of aryl methyl sites for hydroxylation is 2. The highest BCUT2D eigenvalue weighted by Gasteiger charge is 2.28. The Morgan fingerprint density at radius 1 is 1.00 bits per heavy atom. The number of nitrogens with zero attached hydrogens (tertiary/aromatic N) is 1. The van der Waals surface area contributed by atoms with Gasteiger partial charge in [0.15, 0.2) is 6.61 Å². The zero-order chi connectivity index (χ0) is 23.6. The van der Waals surface area contributed by atoms with Gasteiger partial charge in [-0.1, -0.05) is 12.1 Å². The zero-order valence-corrected chi connectivity index (χ0v) is 19.3. The van der Waals surface area contributed by atoms with E-state index in [1.54, 1.807) is 12.1 Å². The zero-order valence-electron chi connectivity index (χ0n) is 18.5. The summed E-state index contributed by atoms with van der Waals surface area (Å²) >= 11 is 0. The maximum Gasteiger partial charge on any atom is 0.262 e. The lowest BCUT2D eigenvalue weighted by molar-refractivity contribution is -0.118. The molecule has 0 radical (unpaired) electrons. The average Bonchev–Trinajstić information content (AvgIpc) is 2.77. The average molecular weight is 469 g/mol. The fourth-order valence-electron chi connectivity index (χ4n) is 3.93. The third-order valence-corrected chi connectivity index (χ3v) is 7.34. The van der Waals surface area contributed by atoms with Crippen LogP contribution in [-0.2, 0) is 27.8 Å². The molecule has 0 atom stereocenters. The largest absolute Gasteiger partial charge is 0.484 e. The number of ether oxygens (including phenoxy) is 1. The molecule has 0 unspecified atom stereocenters. The van der Waals surface area contributed by atoms with Crippen LogP contribution < -0.4 is 10.1 Å². The third kappa shape index (κ3) is 5.40. The summed E-state index contributed by atoms with van der Waals surface area (Å²) in [4.78, 5) is 12.4. The fraction of sp³-hybridized carbons (Fsp3) is 0.240. The van der Waals surface area contributed by atoms with Crippen LogP contribution in [0.4, 0.5) is 10.1 Å². The van der Waals surface area contributed by atoms with E-state index in [-0.39, 0.29) is 24.0 Å². The number of amides is 1. The quantitative estimate of drug-likeness (QED) is 0.588. The van der Waals surface area contributed by atoms with E-state index in [1.807, 2.05) is 38.1 Å². The summed E-state index contributed by atoms with van der Waals surface area (Å²) in [6.07, 6.45) is 0.555. The molecule has 0 saturated carbocycles. The highest BCUT2D eigenvalue weighted by Crippen LogP contribution is 2.27. The van der Waals surface area contributed by atoms with Crippen LogP contribution in [0, 0.1) is 19.7 Å². The second kappa shape index (κ2) is 9.33. The van der Waals surface area contributed by atoms with E-state index < -0.39 is 15.8 Å². The van der Waals surface area contributed by atoms with Gasteiger partial charge in [-0.05, 0) is 91.1 Å². The van der Waals surface area contributed by atoms with Crippen LogP contribution in [0.1, 0.15) is 22.3 Å². The molecule has 0 aromatic heterocycles. The number of carbonyl (C=O) groups is 1. The Morgan fingerprint density at radius 2 is 1.70 bits per heavy atom. The van der Waals surface area contributed by atoms with Gasteiger partial charge in [-0.3, -0.25) is 4.79 Å². The standard InChI is InChI=1S/C25H25FN2O4S/c1-17-11-18(2)13-23(12-17)32-16-25(29)27-22-6-3-19-9-10-28(15-20(19)14-22)33(30,31)24-7-4-21(26)5-8-24/h3-8,11-14H,9-10,15-16H2,1-2H3,(H,27,29). The maximum absolute atomic E-state index is 13.2.